The molecule has 1 aliphatic rings. The number of nitrogens with zero attached hydrogens (tertiary/aromatic N) is 2. The third-order valence-corrected chi connectivity index (χ3v) is 5.27. The molecule has 134 valence electrons. The van der Waals surface area contributed by atoms with Crippen molar-refractivity contribution in [3.63, 3.8) is 0 Å². The maximum atomic E-state index is 10.8. The van der Waals surface area contributed by atoms with Crippen molar-refractivity contribution in [2.24, 2.45) is 0 Å². The van der Waals surface area contributed by atoms with Gasteiger partial charge < -0.3 is 9.84 Å². The Morgan fingerprint density at radius 3 is 2.68 bits per heavy atom. The molecule has 3 rings (SSSR count). The van der Waals surface area contributed by atoms with Crippen LogP contribution in [0.5, 0.6) is 5.75 Å². The molecule has 2 aromatic rings. The summed E-state index contributed by atoms with van der Waals surface area (Å²) in [5.74, 6) is 0.250. The van der Waals surface area contributed by atoms with Gasteiger partial charge in [0.15, 0.2) is 0 Å². The smallest absolute Gasteiger partial charge is 0.305 e. The highest BCUT2D eigenvalue weighted by Gasteiger charge is 2.23. The van der Waals surface area contributed by atoms with Crippen molar-refractivity contribution in [1.29, 1.82) is 0 Å². The Kier molecular flexibility index (Phi) is 4.84. The van der Waals surface area contributed by atoms with Gasteiger partial charge in [0.1, 0.15) is 5.75 Å². The van der Waals surface area contributed by atoms with Crippen molar-refractivity contribution in [3.8, 4) is 5.75 Å². The average molecular weight is 342 g/mol. The molecule has 0 atom stereocenters. The molecular formula is C20H26N2O3. The van der Waals surface area contributed by atoms with Gasteiger partial charge in [-0.05, 0) is 62.3 Å². The summed E-state index contributed by atoms with van der Waals surface area (Å²) in [6, 6.07) is 2.25. The summed E-state index contributed by atoms with van der Waals surface area (Å²) in [6.45, 7) is 6.57. The molecule has 0 spiro atoms. The number of aliphatic carboxylic acids is 1. The van der Waals surface area contributed by atoms with Gasteiger partial charge >= 0.3 is 5.97 Å². The summed E-state index contributed by atoms with van der Waals surface area (Å²) in [4.78, 5) is 10.8. The molecule has 0 unspecified atom stereocenters. The predicted octanol–water partition coefficient (Wildman–Crippen LogP) is 3.37. The predicted molar refractivity (Wildman–Crippen MR) is 96.5 cm³/mol. The number of benzene rings is 1. The van der Waals surface area contributed by atoms with Crippen LogP contribution in [0.25, 0.3) is 0 Å². The van der Waals surface area contributed by atoms with E-state index in [0.29, 0.717) is 6.54 Å². The highest BCUT2D eigenvalue weighted by molar-refractivity contribution is 5.66. The number of aryl methyl sites for hydroxylation is 3. The second-order valence-corrected chi connectivity index (χ2v) is 6.89. The Labute approximate surface area is 148 Å². The fraction of sp³-hybridized carbons (Fsp3) is 0.500. The SMILES string of the molecule is COc1c(C)cc(Cc2c(C)nn(CCC(=O)O)c2C)c2c1CCC2. The summed E-state index contributed by atoms with van der Waals surface area (Å²) in [5.41, 5.74) is 8.61. The maximum absolute atomic E-state index is 10.8. The van der Waals surface area contributed by atoms with E-state index in [1.54, 1.807) is 7.11 Å². The van der Waals surface area contributed by atoms with E-state index in [1.807, 2.05) is 18.5 Å². The first kappa shape index (κ1) is 17.5. The van der Waals surface area contributed by atoms with Crippen LogP contribution in [0.2, 0.25) is 0 Å². The molecule has 0 amide bonds. The first-order valence-corrected chi connectivity index (χ1v) is 8.85. The van der Waals surface area contributed by atoms with Crippen molar-refractivity contribution in [2.75, 3.05) is 7.11 Å². The van der Waals surface area contributed by atoms with Gasteiger partial charge in [-0.2, -0.15) is 5.10 Å². The van der Waals surface area contributed by atoms with Gasteiger partial charge in [0.2, 0.25) is 0 Å². The minimum atomic E-state index is -0.794. The molecule has 0 saturated carbocycles. The van der Waals surface area contributed by atoms with E-state index < -0.39 is 5.97 Å². The fourth-order valence-electron chi connectivity index (χ4n) is 4.04. The summed E-state index contributed by atoms with van der Waals surface area (Å²) in [5, 5.41) is 13.5. The summed E-state index contributed by atoms with van der Waals surface area (Å²) in [6.07, 6.45) is 4.31. The van der Waals surface area contributed by atoms with Crippen molar-refractivity contribution in [2.45, 2.75) is 59.4 Å². The molecule has 0 aliphatic heterocycles. The van der Waals surface area contributed by atoms with Crippen molar-refractivity contribution in [1.82, 2.24) is 9.78 Å². The number of carboxylic acids is 1. The van der Waals surface area contributed by atoms with E-state index in [9.17, 15) is 4.79 Å². The van der Waals surface area contributed by atoms with Gasteiger partial charge in [-0.15, -0.1) is 0 Å². The van der Waals surface area contributed by atoms with Crippen LogP contribution < -0.4 is 4.74 Å². The largest absolute Gasteiger partial charge is 0.496 e. The van der Waals surface area contributed by atoms with Crippen LogP contribution in [-0.4, -0.2) is 28.0 Å². The zero-order chi connectivity index (χ0) is 18.1. The molecule has 1 aliphatic carbocycles. The monoisotopic (exact) mass is 342 g/mol. The van der Waals surface area contributed by atoms with Gasteiger partial charge in [0.05, 0.1) is 25.8 Å². The number of rotatable bonds is 6. The number of hydrogen-bond acceptors (Lipinski definition) is 3. The summed E-state index contributed by atoms with van der Waals surface area (Å²) in [7, 11) is 1.75. The van der Waals surface area contributed by atoms with Crippen LogP contribution in [0.15, 0.2) is 6.07 Å². The minimum Gasteiger partial charge on any atom is -0.496 e. The molecule has 25 heavy (non-hydrogen) atoms. The molecular weight excluding hydrogens is 316 g/mol. The van der Waals surface area contributed by atoms with Crippen LogP contribution in [0.4, 0.5) is 0 Å². The second kappa shape index (κ2) is 6.90. The van der Waals surface area contributed by atoms with Gasteiger partial charge in [-0.3, -0.25) is 9.48 Å². The van der Waals surface area contributed by atoms with Gasteiger partial charge in [-0.25, -0.2) is 0 Å². The van der Waals surface area contributed by atoms with Gasteiger partial charge in [-0.1, -0.05) is 6.07 Å². The second-order valence-electron chi connectivity index (χ2n) is 6.89. The van der Waals surface area contributed by atoms with E-state index in [0.717, 1.165) is 36.4 Å². The Hall–Kier alpha value is -2.30. The summed E-state index contributed by atoms with van der Waals surface area (Å²) >= 11 is 0. The first-order valence-electron chi connectivity index (χ1n) is 8.85. The molecule has 1 N–H and O–H groups in total. The van der Waals surface area contributed by atoms with Crippen molar-refractivity contribution in [3.05, 3.63) is 45.3 Å². The number of fused-ring (bicyclic) bond motifs is 1. The lowest BCUT2D eigenvalue weighted by Crippen LogP contribution is -2.08. The lowest BCUT2D eigenvalue weighted by molar-refractivity contribution is -0.137. The Morgan fingerprint density at radius 2 is 2.00 bits per heavy atom. The topological polar surface area (TPSA) is 64.4 Å². The quantitative estimate of drug-likeness (QED) is 0.874. The normalized spacial score (nSPS) is 13.1. The number of hydrogen-bond donors (Lipinski definition) is 1. The highest BCUT2D eigenvalue weighted by atomic mass is 16.5. The number of carboxylic acid groups (broad SMARTS) is 1. The van der Waals surface area contributed by atoms with E-state index in [2.05, 4.69) is 18.1 Å². The highest BCUT2D eigenvalue weighted by Crippen LogP contribution is 2.37. The van der Waals surface area contributed by atoms with E-state index in [1.165, 1.54) is 34.2 Å². The Balaban J connectivity index is 1.95. The Morgan fingerprint density at radius 1 is 1.28 bits per heavy atom. The first-order chi connectivity index (χ1) is 11.9. The number of methoxy groups -OCH3 is 1. The number of ether oxygens (including phenoxy) is 1. The fourth-order valence-corrected chi connectivity index (χ4v) is 4.04. The molecule has 0 saturated heterocycles. The number of aromatic nitrogens is 2. The van der Waals surface area contributed by atoms with Gasteiger partial charge in [0.25, 0.3) is 0 Å². The van der Waals surface area contributed by atoms with Gasteiger partial charge in [0, 0.05) is 17.7 Å². The van der Waals surface area contributed by atoms with Crippen LogP contribution >= 0.6 is 0 Å². The third kappa shape index (κ3) is 3.28. The van der Waals surface area contributed by atoms with Crippen LogP contribution in [0.1, 0.15) is 52.0 Å². The van der Waals surface area contributed by atoms with Crippen molar-refractivity contribution < 1.29 is 14.6 Å². The minimum absolute atomic E-state index is 0.0957. The van der Waals surface area contributed by atoms with Crippen molar-refractivity contribution >= 4 is 5.97 Å². The molecule has 0 radical (unpaired) electrons. The van der Waals surface area contributed by atoms with Crippen LogP contribution in [-0.2, 0) is 30.6 Å². The molecule has 1 heterocycles. The molecule has 1 aromatic carbocycles. The molecule has 5 nitrogen and oxygen atoms in total. The molecule has 0 bridgehead atoms. The van der Waals surface area contributed by atoms with Crippen LogP contribution in [0, 0.1) is 20.8 Å². The lowest BCUT2D eigenvalue weighted by atomic mass is 9.93. The lowest BCUT2D eigenvalue weighted by Gasteiger charge is -2.16. The zero-order valence-electron chi connectivity index (χ0n) is 15.5. The van der Waals surface area contributed by atoms with Crippen LogP contribution in [0.3, 0.4) is 0 Å². The van der Waals surface area contributed by atoms with E-state index in [-0.39, 0.29) is 6.42 Å². The molecule has 5 heteroatoms. The maximum Gasteiger partial charge on any atom is 0.305 e. The Bertz CT molecular complexity index is 821. The average Bonchev–Trinajstić information content (AvgIpc) is 3.13. The number of carbonyl (C=O) groups is 1. The van der Waals surface area contributed by atoms with E-state index >= 15 is 0 Å². The molecule has 1 aromatic heterocycles. The molecule has 0 fully saturated rings. The third-order valence-electron chi connectivity index (χ3n) is 5.27. The standard InChI is InChI=1S/C20H26N2O3/c1-12-10-15(16-6-5-7-17(16)20(12)25-4)11-18-13(2)21-22(14(18)3)9-8-19(23)24/h10H,5-9,11H2,1-4H3,(H,23,24). The zero-order valence-corrected chi connectivity index (χ0v) is 15.5. The van der Waals surface area contributed by atoms with E-state index in [4.69, 9.17) is 9.84 Å². The summed E-state index contributed by atoms with van der Waals surface area (Å²) < 4.78 is 7.46.